The van der Waals surface area contributed by atoms with Crippen LogP contribution in [0.5, 0.6) is 0 Å². The van der Waals surface area contributed by atoms with Gasteiger partial charge in [-0.2, -0.15) is 4.39 Å². The Morgan fingerprint density at radius 2 is 2.12 bits per heavy atom. The summed E-state index contributed by atoms with van der Waals surface area (Å²) in [7, 11) is 2.05. The van der Waals surface area contributed by atoms with Crippen LogP contribution in [0.2, 0.25) is 0 Å². The number of hydrogen-bond donors (Lipinski definition) is 0. The minimum atomic E-state index is -0.591. The van der Waals surface area contributed by atoms with Crippen molar-refractivity contribution in [2.75, 3.05) is 39.9 Å². The number of fused-ring (bicyclic) bond motifs is 4. The van der Waals surface area contributed by atoms with Gasteiger partial charge in [0.25, 0.3) is 5.91 Å². The fraction of sp³-hybridized carbons (Fsp3) is 0.529. The van der Waals surface area contributed by atoms with Gasteiger partial charge in [0.2, 0.25) is 5.95 Å². The standard InChI is InChI=1S/C17H21FN4O2/c1-11-3-4-14-19-15(16(18)22(14)5-11)17(23)21-7-12-6-20(2)8-13(21)10-24-9-12/h3-5,12-13H,6-10H2,1-2H3/t12-,13-/m0/s1. The average Bonchev–Trinajstić information content (AvgIpc) is 2.68. The molecule has 0 radical (unpaired) electrons. The molecule has 7 heteroatoms. The van der Waals surface area contributed by atoms with Crippen LogP contribution in [0, 0.1) is 18.8 Å². The maximum Gasteiger partial charge on any atom is 0.277 e. The van der Waals surface area contributed by atoms with Gasteiger partial charge in [0.1, 0.15) is 5.65 Å². The Morgan fingerprint density at radius 3 is 2.96 bits per heavy atom. The first-order valence-electron chi connectivity index (χ1n) is 8.24. The summed E-state index contributed by atoms with van der Waals surface area (Å²) >= 11 is 0. The highest BCUT2D eigenvalue weighted by molar-refractivity contribution is 5.93. The minimum absolute atomic E-state index is 0.0686. The number of rotatable bonds is 1. The predicted molar refractivity (Wildman–Crippen MR) is 86.5 cm³/mol. The van der Waals surface area contributed by atoms with E-state index in [-0.39, 0.29) is 23.6 Å². The molecule has 128 valence electrons. The van der Waals surface area contributed by atoms with Gasteiger partial charge in [-0.15, -0.1) is 0 Å². The van der Waals surface area contributed by atoms with Crippen LogP contribution in [0.1, 0.15) is 16.1 Å². The zero-order valence-electron chi connectivity index (χ0n) is 13.9. The molecule has 0 saturated carbocycles. The van der Waals surface area contributed by atoms with Crippen LogP contribution in [-0.2, 0) is 4.74 Å². The maximum absolute atomic E-state index is 14.7. The molecule has 1 amide bonds. The van der Waals surface area contributed by atoms with E-state index in [2.05, 4.69) is 9.88 Å². The molecule has 2 aliphatic heterocycles. The van der Waals surface area contributed by atoms with Crippen LogP contribution in [0.15, 0.2) is 18.3 Å². The van der Waals surface area contributed by atoms with Crippen molar-refractivity contribution in [1.82, 2.24) is 19.2 Å². The molecule has 2 aliphatic rings. The fourth-order valence-corrected chi connectivity index (χ4v) is 3.72. The molecule has 0 aliphatic carbocycles. The summed E-state index contributed by atoms with van der Waals surface area (Å²) in [4.78, 5) is 21.2. The number of amides is 1. The zero-order chi connectivity index (χ0) is 16.8. The summed E-state index contributed by atoms with van der Waals surface area (Å²) in [6.45, 7) is 5.20. The van der Waals surface area contributed by atoms with Gasteiger partial charge in [0, 0.05) is 31.7 Å². The van der Waals surface area contributed by atoms with Crippen molar-refractivity contribution in [3.63, 3.8) is 0 Å². The Balaban J connectivity index is 1.71. The molecule has 2 bridgehead atoms. The van der Waals surface area contributed by atoms with Crippen molar-refractivity contribution >= 4 is 11.6 Å². The molecule has 0 spiro atoms. The molecule has 0 unspecified atom stereocenters. The van der Waals surface area contributed by atoms with Crippen LogP contribution in [0.3, 0.4) is 0 Å². The lowest BCUT2D eigenvalue weighted by Gasteiger charge is -2.29. The summed E-state index contributed by atoms with van der Waals surface area (Å²) < 4.78 is 21.8. The van der Waals surface area contributed by atoms with Crippen molar-refractivity contribution in [2.24, 2.45) is 5.92 Å². The largest absolute Gasteiger partial charge is 0.379 e. The molecular weight excluding hydrogens is 311 g/mol. The second kappa shape index (κ2) is 5.82. The van der Waals surface area contributed by atoms with E-state index in [1.807, 2.05) is 20.0 Å². The summed E-state index contributed by atoms with van der Waals surface area (Å²) in [5.41, 5.74) is 1.27. The number of nitrogens with zero attached hydrogens (tertiary/aromatic N) is 4. The van der Waals surface area contributed by atoms with Gasteiger partial charge in [-0.3, -0.25) is 9.20 Å². The summed E-state index contributed by atoms with van der Waals surface area (Å²) in [6, 6.07) is 3.52. The van der Waals surface area contributed by atoms with E-state index in [1.54, 1.807) is 17.2 Å². The second-order valence-corrected chi connectivity index (χ2v) is 6.92. The minimum Gasteiger partial charge on any atom is -0.379 e. The third-order valence-corrected chi connectivity index (χ3v) is 4.82. The van der Waals surface area contributed by atoms with Gasteiger partial charge in [-0.1, -0.05) is 6.07 Å². The normalized spacial score (nSPS) is 25.0. The third-order valence-electron chi connectivity index (χ3n) is 4.82. The lowest BCUT2D eigenvalue weighted by molar-refractivity contribution is 0.0478. The van der Waals surface area contributed by atoms with E-state index in [9.17, 15) is 9.18 Å². The number of imidazole rings is 1. The van der Waals surface area contributed by atoms with Crippen molar-refractivity contribution < 1.29 is 13.9 Å². The molecule has 2 aromatic heterocycles. The number of likely N-dealkylation sites (N-methyl/N-ethyl adjacent to an activating group) is 1. The summed E-state index contributed by atoms with van der Waals surface area (Å²) in [5.74, 6) is -0.690. The van der Waals surface area contributed by atoms with Crippen LogP contribution in [0.4, 0.5) is 4.39 Å². The van der Waals surface area contributed by atoms with E-state index in [0.717, 1.165) is 18.7 Å². The van der Waals surface area contributed by atoms with Crippen LogP contribution in [0.25, 0.3) is 5.65 Å². The summed E-state index contributed by atoms with van der Waals surface area (Å²) in [6.07, 6.45) is 1.66. The molecule has 2 saturated heterocycles. The first-order valence-corrected chi connectivity index (χ1v) is 8.24. The Kier molecular flexibility index (Phi) is 3.77. The fourth-order valence-electron chi connectivity index (χ4n) is 3.72. The smallest absolute Gasteiger partial charge is 0.277 e. The zero-order valence-corrected chi connectivity index (χ0v) is 13.9. The number of ether oxygens (including phenoxy) is 1. The van der Waals surface area contributed by atoms with Crippen LogP contribution in [-0.4, -0.2) is 71.0 Å². The van der Waals surface area contributed by atoms with Gasteiger partial charge in [-0.05, 0) is 25.6 Å². The van der Waals surface area contributed by atoms with Crippen LogP contribution >= 0.6 is 0 Å². The van der Waals surface area contributed by atoms with Crippen molar-refractivity contribution in [3.8, 4) is 0 Å². The van der Waals surface area contributed by atoms with Crippen molar-refractivity contribution in [1.29, 1.82) is 0 Å². The number of pyridine rings is 1. The second-order valence-electron chi connectivity index (χ2n) is 6.92. The lowest BCUT2D eigenvalue weighted by atomic mass is 10.1. The first-order chi connectivity index (χ1) is 11.5. The Hall–Kier alpha value is -1.99. The number of hydrogen-bond acceptors (Lipinski definition) is 4. The number of aryl methyl sites for hydroxylation is 1. The number of aromatic nitrogens is 2. The maximum atomic E-state index is 14.7. The predicted octanol–water partition coefficient (Wildman–Crippen LogP) is 1.18. The quantitative estimate of drug-likeness (QED) is 0.787. The molecule has 0 N–H and O–H groups in total. The Labute approximate surface area is 139 Å². The monoisotopic (exact) mass is 332 g/mol. The van der Waals surface area contributed by atoms with E-state index in [1.165, 1.54) is 4.40 Å². The molecule has 2 aromatic rings. The van der Waals surface area contributed by atoms with E-state index >= 15 is 0 Å². The van der Waals surface area contributed by atoms with Crippen LogP contribution < -0.4 is 0 Å². The highest BCUT2D eigenvalue weighted by Gasteiger charge is 2.37. The van der Waals surface area contributed by atoms with Gasteiger partial charge >= 0.3 is 0 Å². The molecule has 6 nitrogen and oxygen atoms in total. The molecular formula is C17H21FN4O2. The molecule has 4 rings (SSSR count). The number of carbonyl (C=O) groups is 1. The SMILES string of the molecule is Cc1ccc2nc(C(=O)N3C[C@H]4COC[C@@H]3CN(C)C4)c(F)n2c1. The first kappa shape index (κ1) is 15.5. The molecule has 4 heterocycles. The molecule has 2 fully saturated rings. The molecule has 0 aromatic carbocycles. The third kappa shape index (κ3) is 2.57. The topological polar surface area (TPSA) is 50.1 Å². The molecule has 2 atom stereocenters. The van der Waals surface area contributed by atoms with Gasteiger partial charge in [-0.25, -0.2) is 4.98 Å². The lowest BCUT2D eigenvalue weighted by Crippen LogP contribution is -2.46. The molecule has 24 heavy (non-hydrogen) atoms. The highest BCUT2D eigenvalue weighted by Crippen LogP contribution is 2.22. The van der Waals surface area contributed by atoms with Crippen molar-refractivity contribution in [3.05, 3.63) is 35.5 Å². The van der Waals surface area contributed by atoms with Gasteiger partial charge in [0.15, 0.2) is 5.69 Å². The summed E-state index contributed by atoms with van der Waals surface area (Å²) in [5, 5.41) is 0. The van der Waals surface area contributed by atoms with E-state index in [4.69, 9.17) is 4.74 Å². The van der Waals surface area contributed by atoms with Crippen molar-refractivity contribution in [2.45, 2.75) is 13.0 Å². The average molecular weight is 332 g/mol. The number of carbonyl (C=O) groups excluding carboxylic acids is 1. The Morgan fingerprint density at radius 1 is 1.29 bits per heavy atom. The van der Waals surface area contributed by atoms with E-state index < -0.39 is 5.95 Å². The van der Waals surface area contributed by atoms with Gasteiger partial charge < -0.3 is 14.5 Å². The Bertz CT molecular complexity index is 790. The van der Waals surface area contributed by atoms with Gasteiger partial charge in [0.05, 0.1) is 19.3 Å². The highest BCUT2D eigenvalue weighted by atomic mass is 19.1. The number of halogens is 1. The van der Waals surface area contributed by atoms with E-state index in [0.29, 0.717) is 25.4 Å².